The van der Waals surface area contributed by atoms with Crippen molar-refractivity contribution in [1.29, 1.82) is 0 Å². The molecule has 102 valence electrons. The average Bonchev–Trinajstić information content (AvgIpc) is 2.27. The van der Waals surface area contributed by atoms with E-state index < -0.39 is 0 Å². The van der Waals surface area contributed by atoms with E-state index in [-0.39, 0.29) is 29.9 Å². The molecule has 0 bridgehead atoms. The highest BCUT2D eigenvalue weighted by Gasteiger charge is 2.24. The van der Waals surface area contributed by atoms with E-state index in [9.17, 15) is 9.50 Å². The van der Waals surface area contributed by atoms with Gasteiger partial charge in [-0.05, 0) is 36.5 Å². The molecule has 2 atom stereocenters. The van der Waals surface area contributed by atoms with Gasteiger partial charge in [-0.25, -0.2) is 4.39 Å². The van der Waals surface area contributed by atoms with Crippen LogP contribution >= 0.6 is 0 Å². The van der Waals surface area contributed by atoms with Crippen LogP contribution in [0.5, 0.6) is 0 Å². The third kappa shape index (κ3) is 4.75. The van der Waals surface area contributed by atoms with Crippen molar-refractivity contribution in [2.24, 2.45) is 5.41 Å². The topological polar surface area (TPSA) is 32.3 Å². The summed E-state index contributed by atoms with van der Waals surface area (Å²) in [6, 6.07) is 6.88. The van der Waals surface area contributed by atoms with E-state index in [1.807, 2.05) is 0 Å². The second-order valence-corrected chi connectivity index (χ2v) is 6.00. The van der Waals surface area contributed by atoms with E-state index >= 15 is 0 Å². The van der Waals surface area contributed by atoms with Crippen molar-refractivity contribution in [2.75, 3.05) is 6.61 Å². The lowest BCUT2D eigenvalue weighted by Gasteiger charge is -2.32. The Morgan fingerprint density at radius 1 is 1.22 bits per heavy atom. The van der Waals surface area contributed by atoms with Crippen molar-refractivity contribution in [1.82, 2.24) is 5.32 Å². The standard InChI is InChI=1S/C15H24FNO/c1-11(17-14(10-18)15(2,3)4)9-12-5-7-13(16)8-6-12/h5-8,11,14,17-18H,9-10H2,1-4H3/t11?,14-/m1/s1. The number of aliphatic hydroxyl groups excluding tert-OH is 1. The molecule has 18 heavy (non-hydrogen) atoms. The Balaban J connectivity index is 2.55. The van der Waals surface area contributed by atoms with Crippen LogP contribution in [0.4, 0.5) is 4.39 Å². The van der Waals surface area contributed by atoms with Crippen molar-refractivity contribution in [3.8, 4) is 0 Å². The van der Waals surface area contributed by atoms with Crippen LogP contribution in [0.1, 0.15) is 33.3 Å². The molecule has 0 fully saturated rings. The molecular formula is C15H24FNO. The largest absolute Gasteiger partial charge is 0.395 e. The van der Waals surface area contributed by atoms with Gasteiger partial charge in [0.1, 0.15) is 5.82 Å². The molecule has 1 rings (SSSR count). The summed E-state index contributed by atoms with van der Waals surface area (Å²) in [5.74, 6) is -0.206. The molecule has 2 N–H and O–H groups in total. The number of halogens is 1. The van der Waals surface area contributed by atoms with E-state index in [0.717, 1.165) is 12.0 Å². The number of hydrogen-bond acceptors (Lipinski definition) is 2. The van der Waals surface area contributed by atoms with Crippen LogP contribution in [0.2, 0.25) is 0 Å². The summed E-state index contributed by atoms with van der Waals surface area (Å²) < 4.78 is 12.8. The van der Waals surface area contributed by atoms with Crippen molar-refractivity contribution in [3.05, 3.63) is 35.6 Å². The normalized spacial score (nSPS) is 15.4. The van der Waals surface area contributed by atoms with Crippen LogP contribution in [0, 0.1) is 11.2 Å². The molecule has 0 aliphatic carbocycles. The maximum atomic E-state index is 12.8. The molecule has 0 heterocycles. The fourth-order valence-electron chi connectivity index (χ4n) is 1.95. The fourth-order valence-corrected chi connectivity index (χ4v) is 1.95. The highest BCUT2D eigenvalue weighted by Crippen LogP contribution is 2.19. The molecular weight excluding hydrogens is 229 g/mol. The van der Waals surface area contributed by atoms with E-state index in [4.69, 9.17) is 0 Å². The molecule has 0 aliphatic heterocycles. The first-order valence-corrected chi connectivity index (χ1v) is 6.44. The number of rotatable bonds is 5. The van der Waals surface area contributed by atoms with Crippen LogP contribution in [-0.4, -0.2) is 23.8 Å². The van der Waals surface area contributed by atoms with Gasteiger partial charge in [-0.3, -0.25) is 0 Å². The summed E-state index contributed by atoms with van der Waals surface area (Å²) in [5.41, 5.74) is 1.12. The second kappa shape index (κ2) is 6.30. The zero-order valence-electron chi connectivity index (χ0n) is 11.7. The minimum atomic E-state index is -0.206. The van der Waals surface area contributed by atoms with Crippen molar-refractivity contribution in [2.45, 2.75) is 46.2 Å². The van der Waals surface area contributed by atoms with Gasteiger partial charge in [0.2, 0.25) is 0 Å². The molecule has 0 saturated carbocycles. The maximum Gasteiger partial charge on any atom is 0.123 e. The van der Waals surface area contributed by atoms with Gasteiger partial charge in [-0.2, -0.15) is 0 Å². The average molecular weight is 253 g/mol. The van der Waals surface area contributed by atoms with Crippen molar-refractivity contribution in [3.63, 3.8) is 0 Å². The van der Waals surface area contributed by atoms with Gasteiger partial charge in [-0.15, -0.1) is 0 Å². The number of hydrogen-bond donors (Lipinski definition) is 2. The van der Waals surface area contributed by atoms with E-state index in [2.05, 4.69) is 33.0 Å². The Kier molecular flexibility index (Phi) is 5.29. The second-order valence-electron chi connectivity index (χ2n) is 6.00. The molecule has 3 heteroatoms. The molecule has 0 saturated heterocycles. The molecule has 0 amide bonds. The quantitative estimate of drug-likeness (QED) is 0.845. The fraction of sp³-hybridized carbons (Fsp3) is 0.600. The first-order valence-electron chi connectivity index (χ1n) is 6.44. The van der Waals surface area contributed by atoms with Gasteiger partial charge in [0, 0.05) is 12.1 Å². The molecule has 0 radical (unpaired) electrons. The lowest BCUT2D eigenvalue weighted by Crippen LogP contribution is -2.47. The van der Waals surface area contributed by atoms with Crippen molar-refractivity contribution < 1.29 is 9.50 Å². The van der Waals surface area contributed by atoms with Gasteiger partial charge in [0.05, 0.1) is 6.61 Å². The Hall–Kier alpha value is -0.930. The Morgan fingerprint density at radius 2 is 1.78 bits per heavy atom. The SMILES string of the molecule is CC(Cc1ccc(F)cc1)N[C@H](CO)C(C)(C)C. The van der Waals surface area contributed by atoms with E-state index in [0.29, 0.717) is 0 Å². The molecule has 0 aromatic heterocycles. The zero-order valence-corrected chi connectivity index (χ0v) is 11.7. The third-order valence-electron chi connectivity index (χ3n) is 3.17. The first kappa shape index (κ1) is 15.1. The van der Waals surface area contributed by atoms with Gasteiger partial charge in [0.15, 0.2) is 0 Å². The highest BCUT2D eigenvalue weighted by atomic mass is 19.1. The first-order chi connectivity index (χ1) is 8.32. The van der Waals surface area contributed by atoms with E-state index in [1.54, 1.807) is 12.1 Å². The Labute approximate surface area is 109 Å². The van der Waals surface area contributed by atoms with Gasteiger partial charge in [-0.1, -0.05) is 32.9 Å². The molecule has 1 aromatic rings. The van der Waals surface area contributed by atoms with E-state index in [1.165, 1.54) is 12.1 Å². The van der Waals surface area contributed by atoms with Gasteiger partial charge < -0.3 is 10.4 Å². The number of nitrogens with one attached hydrogen (secondary N) is 1. The molecule has 1 unspecified atom stereocenters. The third-order valence-corrected chi connectivity index (χ3v) is 3.17. The minimum absolute atomic E-state index is 0.0196. The van der Waals surface area contributed by atoms with Gasteiger partial charge in [0.25, 0.3) is 0 Å². The van der Waals surface area contributed by atoms with Crippen LogP contribution < -0.4 is 5.32 Å². The summed E-state index contributed by atoms with van der Waals surface area (Å²) in [7, 11) is 0. The number of benzene rings is 1. The molecule has 1 aromatic carbocycles. The lowest BCUT2D eigenvalue weighted by molar-refractivity contribution is 0.149. The lowest BCUT2D eigenvalue weighted by atomic mass is 9.86. The smallest absolute Gasteiger partial charge is 0.123 e. The summed E-state index contributed by atoms with van der Waals surface area (Å²) >= 11 is 0. The molecule has 0 aliphatic rings. The van der Waals surface area contributed by atoms with Crippen LogP contribution in [0.25, 0.3) is 0 Å². The monoisotopic (exact) mass is 253 g/mol. The minimum Gasteiger partial charge on any atom is -0.395 e. The maximum absolute atomic E-state index is 12.8. The summed E-state index contributed by atoms with van der Waals surface area (Å²) in [6.45, 7) is 8.51. The van der Waals surface area contributed by atoms with Crippen LogP contribution in [0.15, 0.2) is 24.3 Å². The number of aliphatic hydroxyl groups is 1. The van der Waals surface area contributed by atoms with Crippen LogP contribution in [0.3, 0.4) is 0 Å². The highest BCUT2D eigenvalue weighted by molar-refractivity contribution is 5.17. The zero-order chi connectivity index (χ0) is 13.8. The predicted octanol–water partition coefficient (Wildman–Crippen LogP) is 2.75. The summed E-state index contributed by atoms with van der Waals surface area (Å²) in [5, 5.41) is 12.8. The van der Waals surface area contributed by atoms with Crippen molar-refractivity contribution >= 4 is 0 Å². The predicted molar refractivity (Wildman–Crippen MR) is 73.0 cm³/mol. The van der Waals surface area contributed by atoms with Gasteiger partial charge >= 0.3 is 0 Å². The summed E-state index contributed by atoms with van der Waals surface area (Å²) in [4.78, 5) is 0. The Morgan fingerprint density at radius 3 is 2.22 bits per heavy atom. The molecule has 0 spiro atoms. The Bertz CT molecular complexity index is 356. The molecule has 2 nitrogen and oxygen atoms in total. The summed E-state index contributed by atoms with van der Waals surface area (Å²) in [6.07, 6.45) is 0.826. The van der Waals surface area contributed by atoms with Crippen LogP contribution in [-0.2, 0) is 6.42 Å².